The van der Waals surface area contributed by atoms with E-state index >= 15 is 0 Å². The van der Waals surface area contributed by atoms with Crippen LogP contribution in [0.1, 0.15) is 11.3 Å². The Kier molecular flexibility index (Phi) is 4.49. The average molecular weight is 253 g/mol. The summed E-state index contributed by atoms with van der Waals surface area (Å²) in [6.07, 6.45) is 2.47. The minimum Gasteiger partial charge on any atom is -0.384 e. The predicted molar refractivity (Wildman–Crippen MR) is 74.3 cm³/mol. The zero-order valence-electron chi connectivity index (χ0n) is 10.8. The van der Waals surface area contributed by atoms with Gasteiger partial charge in [-0.25, -0.2) is 4.98 Å². The van der Waals surface area contributed by atoms with Crippen molar-refractivity contribution in [3.63, 3.8) is 0 Å². The van der Waals surface area contributed by atoms with Gasteiger partial charge in [0.15, 0.2) is 0 Å². The average Bonchev–Trinajstić information content (AvgIpc) is 2.46. The zero-order chi connectivity index (χ0) is 13.5. The number of hydrogen-bond donors (Lipinski definition) is 1. The molecule has 2 aromatic rings. The van der Waals surface area contributed by atoms with E-state index in [9.17, 15) is 0 Å². The molecule has 0 saturated carbocycles. The summed E-state index contributed by atoms with van der Waals surface area (Å²) in [5, 5.41) is 12.2. The lowest BCUT2D eigenvalue weighted by Gasteiger charge is -2.11. The van der Waals surface area contributed by atoms with E-state index in [0.717, 1.165) is 17.8 Å². The van der Waals surface area contributed by atoms with Crippen molar-refractivity contribution in [2.75, 3.05) is 19.0 Å². The van der Waals surface area contributed by atoms with Crippen molar-refractivity contribution in [2.45, 2.75) is 6.42 Å². The Hall–Kier alpha value is -2.38. The van der Waals surface area contributed by atoms with Gasteiger partial charge in [0.05, 0.1) is 6.61 Å². The molecule has 0 atom stereocenters. The summed E-state index contributed by atoms with van der Waals surface area (Å²) in [4.78, 5) is 3.95. The van der Waals surface area contributed by atoms with E-state index in [4.69, 9.17) is 10.00 Å². The van der Waals surface area contributed by atoms with E-state index in [2.05, 4.69) is 16.4 Å². The lowest BCUT2D eigenvalue weighted by Crippen LogP contribution is -2.00. The van der Waals surface area contributed by atoms with Crippen molar-refractivity contribution >= 4 is 11.4 Å². The largest absolute Gasteiger partial charge is 0.384 e. The van der Waals surface area contributed by atoms with E-state index in [1.165, 1.54) is 5.56 Å². The van der Waals surface area contributed by atoms with Crippen molar-refractivity contribution in [3.8, 4) is 6.07 Å². The number of nitriles is 1. The molecule has 96 valence electrons. The van der Waals surface area contributed by atoms with Crippen molar-refractivity contribution in [1.29, 1.82) is 5.26 Å². The summed E-state index contributed by atoms with van der Waals surface area (Å²) in [5.74, 6) is 0. The van der Waals surface area contributed by atoms with Crippen LogP contribution >= 0.6 is 0 Å². The Balaban J connectivity index is 2.20. The first-order valence-corrected chi connectivity index (χ1v) is 6.03. The number of pyridine rings is 1. The third kappa shape index (κ3) is 3.54. The summed E-state index contributed by atoms with van der Waals surface area (Å²) in [5.41, 5.74) is 3.46. The van der Waals surface area contributed by atoms with Crippen molar-refractivity contribution in [3.05, 3.63) is 53.9 Å². The molecule has 0 aliphatic carbocycles. The lowest BCUT2D eigenvalue weighted by molar-refractivity contribution is 0.202. The Labute approximate surface area is 112 Å². The summed E-state index contributed by atoms with van der Waals surface area (Å²) in [6, 6.07) is 13.7. The first-order valence-electron chi connectivity index (χ1n) is 6.03. The van der Waals surface area contributed by atoms with E-state index in [-0.39, 0.29) is 0 Å². The molecule has 19 heavy (non-hydrogen) atoms. The summed E-state index contributed by atoms with van der Waals surface area (Å²) >= 11 is 0. The molecule has 0 amide bonds. The number of rotatable bonds is 5. The molecule has 2 rings (SSSR count). The Morgan fingerprint density at radius 2 is 2.16 bits per heavy atom. The number of nitrogens with zero attached hydrogens (tertiary/aromatic N) is 2. The molecule has 1 aromatic carbocycles. The second kappa shape index (κ2) is 6.53. The predicted octanol–water partition coefficient (Wildman–Crippen LogP) is 2.89. The summed E-state index contributed by atoms with van der Waals surface area (Å²) in [6.45, 7) is 0.679. The highest BCUT2D eigenvalue weighted by Crippen LogP contribution is 2.21. The van der Waals surface area contributed by atoms with Gasteiger partial charge in [-0.2, -0.15) is 5.26 Å². The highest BCUT2D eigenvalue weighted by molar-refractivity contribution is 5.63. The molecule has 1 aromatic heterocycles. The van der Waals surface area contributed by atoms with Crippen molar-refractivity contribution < 1.29 is 4.74 Å². The molecule has 4 heteroatoms. The van der Waals surface area contributed by atoms with Crippen LogP contribution in [0.5, 0.6) is 0 Å². The van der Waals surface area contributed by atoms with Crippen molar-refractivity contribution in [1.82, 2.24) is 4.98 Å². The number of nitrogens with one attached hydrogen (secondary N) is 1. The second-order valence-corrected chi connectivity index (χ2v) is 4.07. The van der Waals surface area contributed by atoms with Gasteiger partial charge in [-0.05, 0) is 30.2 Å². The van der Waals surface area contributed by atoms with Gasteiger partial charge in [-0.1, -0.05) is 18.2 Å². The number of hydrogen-bond acceptors (Lipinski definition) is 4. The van der Waals surface area contributed by atoms with Crippen LogP contribution in [0.15, 0.2) is 42.6 Å². The van der Waals surface area contributed by atoms with Crippen LogP contribution in [0.2, 0.25) is 0 Å². The van der Waals surface area contributed by atoms with E-state index in [1.54, 1.807) is 19.4 Å². The van der Waals surface area contributed by atoms with Gasteiger partial charge < -0.3 is 10.1 Å². The molecule has 0 aliphatic rings. The molecule has 0 radical (unpaired) electrons. The van der Waals surface area contributed by atoms with E-state index in [0.29, 0.717) is 12.3 Å². The number of anilines is 2. The lowest BCUT2D eigenvalue weighted by atomic mass is 10.1. The Morgan fingerprint density at radius 3 is 2.95 bits per heavy atom. The molecule has 1 heterocycles. The van der Waals surface area contributed by atoms with Crippen LogP contribution in [0, 0.1) is 11.3 Å². The first-order chi connectivity index (χ1) is 9.33. The maximum absolute atomic E-state index is 8.84. The zero-order valence-corrected chi connectivity index (χ0v) is 10.8. The minimum absolute atomic E-state index is 0.402. The molecule has 0 aliphatic heterocycles. The highest BCUT2D eigenvalue weighted by atomic mass is 16.5. The topological polar surface area (TPSA) is 57.9 Å². The number of benzene rings is 1. The van der Waals surface area contributed by atoms with Gasteiger partial charge in [-0.3, -0.25) is 0 Å². The van der Waals surface area contributed by atoms with Crippen LogP contribution in [-0.4, -0.2) is 18.7 Å². The third-order valence-electron chi connectivity index (χ3n) is 2.75. The molecule has 0 bridgehead atoms. The molecule has 0 fully saturated rings. The van der Waals surface area contributed by atoms with Gasteiger partial charge in [0.25, 0.3) is 0 Å². The number of ether oxygens (including phenoxy) is 1. The van der Waals surface area contributed by atoms with Crippen LogP contribution in [0.25, 0.3) is 0 Å². The maximum Gasteiger partial charge on any atom is 0.142 e. The van der Waals surface area contributed by atoms with Gasteiger partial charge in [-0.15, -0.1) is 0 Å². The smallest absolute Gasteiger partial charge is 0.142 e. The van der Waals surface area contributed by atoms with Crippen LogP contribution in [0.4, 0.5) is 11.4 Å². The molecule has 1 N–H and O–H groups in total. The van der Waals surface area contributed by atoms with E-state index < -0.39 is 0 Å². The molecule has 0 unspecified atom stereocenters. The normalized spacial score (nSPS) is 9.89. The fourth-order valence-corrected chi connectivity index (χ4v) is 1.80. The SMILES string of the molecule is COCCc1ccccc1Nc1ccnc(C#N)c1. The monoisotopic (exact) mass is 253 g/mol. The molecule has 4 nitrogen and oxygen atoms in total. The molecular weight excluding hydrogens is 238 g/mol. The first kappa shape index (κ1) is 13.1. The van der Waals surface area contributed by atoms with Crippen molar-refractivity contribution in [2.24, 2.45) is 0 Å². The van der Waals surface area contributed by atoms with Gasteiger partial charge >= 0.3 is 0 Å². The van der Waals surface area contributed by atoms with Crippen LogP contribution < -0.4 is 5.32 Å². The quantitative estimate of drug-likeness (QED) is 0.890. The number of aromatic nitrogens is 1. The molecule has 0 spiro atoms. The summed E-state index contributed by atoms with van der Waals surface area (Å²) in [7, 11) is 1.69. The van der Waals surface area contributed by atoms with Gasteiger partial charge in [0, 0.05) is 24.7 Å². The number of para-hydroxylation sites is 1. The molecular formula is C15H15N3O. The highest BCUT2D eigenvalue weighted by Gasteiger charge is 2.03. The Bertz CT molecular complexity index is 590. The fourth-order valence-electron chi connectivity index (χ4n) is 1.80. The third-order valence-corrected chi connectivity index (χ3v) is 2.75. The standard InChI is InChI=1S/C15H15N3O/c1-19-9-7-12-4-2-3-5-15(12)18-13-6-8-17-14(10-13)11-16/h2-6,8,10H,7,9H2,1H3,(H,17,18). The van der Waals surface area contributed by atoms with Crippen LogP contribution in [0.3, 0.4) is 0 Å². The van der Waals surface area contributed by atoms with Crippen LogP contribution in [-0.2, 0) is 11.2 Å². The Morgan fingerprint density at radius 1 is 1.32 bits per heavy atom. The molecule has 0 saturated heterocycles. The van der Waals surface area contributed by atoms with Gasteiger partial charge in [0.1, 0.15) is 11.8 Å². The second-order valence-electron chi connectivity index (χ2n) is 4.07. The fraction of sp³-hybridized carbons (Fsp3) is 0.200. The number of methoxy groups -OCH3 is 1. The van der Waals surface area contributed by atoms with E-state index in [1.807, 2.05) is 30.3 Å². The van der Waals surface area contributed by atoms with Gasteiger partial charge in [0.2, 0.25) is 0 Å². The maximum atomic E-state index is 8.84. The summed E-state index contributed by atoms with van der Waals surface area (Å²) < 4.78 is 5.11. The minimum atomic E-state index is 0.402.